The minimum Gasteiger partial charge on any atom is -0.454 e. The van der Waals surface area contributed by atoms with E-state index in [1.165, 1.54) is 12.1 Å². The molecule has 7 nitrogen and oxygen atoms in total. The van der Waals surface area contributed by atoms with Crippen LogP contribution in [-0.2, 0) is 20.9 Å². The van der Waals surface area contributed by atoms with Gasteiger partial charge in [-0.1, -0.05) is 44.2 Å². The Morgan fingerprint density at radius 2 is 1.66 bits per heavy atom. The molecular formula is C21H24FN3O4. The van der Waals surface area contributed by atoms with Gasteiger partial charge in [-0.2, -0.15) is 0 Å². The van der Waals surface area contributed by atoms with E-state index >= 15 is 0 Å². The van der Waals surface area contributed by atoms with E-state index in [4.69, 9.17) is 4.74 Å². The number of nitrogens with one attached hydrogen (secondary N) is 3. The number of rotatable bonds is 8. The summed E-state index contributed by atoms with van der Waals surface area (Å²) in [5, 5.41) is 7.76. The number of benzene rings is 2. The number of anilines is 1. The highest BCUT2D eigenvalue weighted by molar-refractivity contribution is 5.93. The first-order chi connectivity index (χ1) is 13.8. The summed E-state index contributed by atoms with van der Waals surface area (Å²) in [4.78, 5) is 36.3. The molecule has 3 amide bonds. The van der Waals surface area contributed by atoms with E-state index in [0.717, 1.165) is 0 Å². The third kappa shape index (κ3) is 7.61. The number of carbonyl (C=O) groups excluding carboxylic acids is 3. The van der Waals surface area contributed by atoms with E-state index in [0.29, 0.717) is 11.3 Å². The van der Waals surface area contributed by atoms with Gasteiger partial charge in [0.25, 0.3) is 5.91 Å². The number of ether oxygens (including phenoxy) is 1. The fourth-order valence-corrected chi connectivity index (χ4v) is 2.41. The SMILES string of the molecule is CC(C)[C@@H](NC(=O)Nc1ccccc1)C(=O)OCC(=O)NCc1ccc(F)cc1. The molecule has 0 bridgehead atoms. The molecule has 3 N–H and O–H groups in total. The van der Waals surface area contributed by atoms with Crippen molar-refractivity contribution < 1.29 is 23.5 Å². The van der Waals surface area contributed by atoms with E-state index in [1.807, 2.05) is 6.07 Å². The lowest BCUT2D eigenvalue weighted by atomic mass is 10.1. The quantitative estimate of drug-likeness (QED) is 0.593. The van der Waals surface area contributed by atoms with Gasteiger partial charge in [0.2, 0.25) is 0 Å². The number of hydrogen-bond donors (Lipinski definition) is 3. The second-order valence-corrected chi connectivity index (χ2v) is 6.70. The third-order valence-electron chi connectivity index (χ3n) is 3.99. The van der Waals surface area contributed by atoms with Crippen LogP contribution in [0.3, 0.4) is 0 Å². The maximum Gasteiger partial charge on any atom is 0.329 e. The molecule has 0 aromatic heterocycles. The summed E-state index contributed by atoms with van der Waals surface area (Å²) in [6, 6.07) is 13.0. The Morgan fingerprint density at radius 3 is 2.28 bits per heavy atom. The average molecular weight is 401 g/mol. The number of amides is 3. The van der Waals surface area contributed by atoms with Crippen LogP contribution in [0.2, 0.25) is 0 Å². The summed E-state index contributed by atoms with van der Waals surface area (Å²) in [5.41, 5.74) is 1.30. The summed E-state index contributed by atoms with van der Waals surface area (Å²) in [6.07, 6.45) is 0. The molecule has 0 spiro atoms. The number of esters is 1. The fraction of sp³-hybridized carbons (Fsp3) is 0.286. The summed E-state index contributed by atoms with van der Waals surface area (Å²) in [7, 11) is 0. The van der Waals surface area contributed by atoms with Crippen molar-refractivity contribution in [3.63, 3.8) is 0 Å². The molecule has 0 saturated carbocycles. The van der Waals surface area contributed by atoms with E-state index < -0.39 is 30.6 Å². The predicted octanol–water partition coefficient (Wildman–Crippen LogP) is 2.83. The summed E-state index contributed by atoms with van der Waals surface area (Å²) in [6.45, 7) is 3.21. The van der Waals surface area contributed by atoms with E-state index in [9.17, 15) is 18.8 Å². The highest BCUT2D eigenvalue weighted by Gasteiger charge is 2.26. The molecule has 2 aromatic rings. The Morgan fingerprint density at radius 1 is 1.00 bits per heavy atom. The van der Waals surface area contributed by atoms with Crippen molar-refractivity contribution in [3.8, 4) is 0 Å². The molecule has 0 unspecified atom stereocenters. The summed E-state index contributed by atoms with van der Waals surface area (Å²) < 4.78 is 17.9. The van der Waals surface area contributed by atoms with Crippen LogP contribution < -0.4 is 16.0 Å². The minimum atomic E-state index is -0.913. The van der Waals surface area contributed by atoms with Crippen LogP contribution in [-0.4, -0.2) is 30.6 Å². The van der Waals surface area contributed by atoms with Crippen LogP contribution in [0.5, 0.6) is 0 Å². The molecule has 0 radical (unpaired) electrons. The first-order valence-electron chi connectivity index (χ1n) is 9.15. The van der Waals surface area contributed by atoms with Crippen molar-refractivity contribution in [2.45, 2.75) is 26.4 Å². The smallest absolute Gasteiger partial charge is 0.329 e. The number of hydrogen-bond acceptors (Lipinski definition) is 4. The lowest BCUT2D eigenvalue weighted by molar-refractivity contribution is -0.151. The van der Waals surface area contributed by atoms with Gasteiger partial charge in [-0.05, 0) is 35.7 Å². The van der Waals surface area contributed by atoms with Gasteiger partial charge in [0.15, 0.2) is 6.61 Å². The van der Waals surface area contributed by atoms with Crippen molar-refractivity contribution >= 4 is 23.6 Å². The Balaban J connectivity index is 1.79. The largest absolute Gasteiger partial charge is 0.454 e. The Kier molecular flexibility index (Phi) is 8.14. The van der Waals surface area contributed by atoms with Crippen LogP contribution in [0, 0.1) is 11.7 Å². The molecular weight excluding hydrogens is 377 g/mol. The fourth-order valence-electron chi connectivity index (χ4n) is 2.41. The van der Waals surface area contributed by atoms with Gasteiger partial charge in [-0.25, -0.2) is 14.0 Å². The highest BCUT2D eigenvalue weighted by Crippen LogP contribution is 2.08. The second-order valence-electron chi connectivity index (χ2n) is 6.70. The molecule has 154 valence electrons. The maximum atomic E-state index is 12.9. The Bertz CT molecular complexity index is 826. The number of carbonyl (C=O) groups is 3. The van der Waals surface area contributed by atoms with Crippen molar-refractivity contribution in [2.24, 2.45) is 5.92 Å². The van der Waals surface area contributed by atoms with E-state index in [2.05, 4.69) is 16.0 Å². The summed E-state index contributed by atoms with van der Waals surface area (Å²) >= 11 is 0. The van der Waals surface area contributed by atoms with Crippen LogP contribution in [0.4, 0.5) is 14.9 Å². The van der Waals surface area contributed by atoms with Crippen LogP contribution in [0.25, 0.3) is 0 Å². The number of urea groups is 1. The van der Waals surface area contributed by atoms with Gasteiger partial charge >= 0.3 is 12.0 Å². The van der Waals surface area contributed by atoms with Crippen molar-refractivity contribution in [1.82, 2.24) is 10.6 Å². The molecule has 0 aliphatic carbocycles. The zero-order chi connectivity index (χ0) is 21.2. The maximum absolute atomic E-state index is 12.9. The predicted molar refractivity (Wildman–Crippen MR) is 106 cm³/mol. The average Bonchev–Trinajstić information content (AvgIpc) is 2.70. The van der Waals surface area contributed by atoms with Crippen LogP contribution in [0.1, 0.15) is 19.4 Å². The van der Waals surface area contributed by atoms with Gasteiger partial charge in [0.05, 0.1) is 0 Å². The molecule has 0 heterocycles. The molecule has 2 rings (SSSR count). The van der Waals surface area contributed by atoms with Gasteiger partial charge in [0.1, 0.15) is 11.9 Å². The standard InChI is InChI=1S/C21H24FN3O4/c1-14(2)19(25-21(28)24-17-6-4-3-5-7-17)20(27)29-13-18(26)23-12-15-8-10-16(22)11-9-15/h3-11,14,19H,12-13H2,1-2H3,(H,23,26)(H2,24,25,28)/t19-/m1/s1. The first-order valence-corrected chi connectivity index (χ1v) is 9.15. The summed E-state index contributed by atoms with van der Waals surface area (Å²) in [5.74, 6) is -1.82. The van der Waals surface area contributed by atoms with Crippen molar-refractivity contribution in [3.05, 3.63) is 66.0 Å². The first kappa shape index (κ1) is 21.9. The molecule has 8 heteroatoms. The van der Waals surface area contributed by atoms with Gasteiger partial charge < -0.3 is 20.7 Å². The van der Waals surface area contributed by atoms with Crippen molar-refractivity contribution in [1.29, 1.82) is 0 Å². The lowest BCUT2D eigenvalue weighted by Gasteiger charge is -2.21. The van der Waals surface area contributed by atoms with Crippen LogP contribution >= 0.6 is 0 Å². The topological polar surface area (TPSA) is 96.5 Å². The second kappa shape index (κ2) is 10.8. The van der Waals surface area contributed by atoms with Crippen molar-refractivity contribution in [2.75, 3.05) is 11.9 Å². The Labute approximate surface area is 168 Å². The molecule has 2 aromatic carbocycles. The lowest BCUT2D eigenvalue weighted by Crippen LogP contribution is -2.47. The molecule has 1 atom stereocenters. The zero-order valence-corrected chi connectivity index (χ0v) is 16.3. The Hall–Kier alpha value is -3.42. The number of para-hydroxylation sites is 1. The molecule has 0 aliphatic rings. The molecule has 29 heavy (non-hydrogen) atoms. The third-order valence-corrected chi connectivity index (χ3v) is 3.99. The van der Waals surface area contributed by atoms with Gasteiger partial charge in [-0.3, -0.25) is 4.79 Å². The van der Waals surface area contributed by atoms with Gasteiger partial charge in [0, 0.05) is 12.2 Å². The minimum absolute atomic E-state index is 0.183. The van der Waals surface area contributed by atoms with Crippen LogP contribution in [0.15, 0.2) is 54.6 Å². The molecule has 0 fully saturated rings. The normalized spacial score (nSPS) is 11.4. The van der Waals surface area contributed by atoms with E-state index in [1.54, 1.807) is 50.2 Å². The monoisotopic (exact) mass is 401 g/mol. The highest BCUT2D eigenvalue weighted by atomic mass is 19.1. The molecule has 0 aliphatic heterocycles. The van der Waals surface area contributed by atoms with E-state index in [-0.39, 0.29) is 18.3 Å². The zero-order valence-electron chi connectivity index (χ0n) is 16.3. The van der Waals surface area contributed by atoms with Gasteiger partial charge in [-0.15, -0.1) is 0 Å². The molecule has 0 saturated heterocycles. The number of halogens is 1.